The summed E-state index contributed by atoms with van der Waals surface area (Å²) in [6, 6.07) is 6.08. The van der Waals surface area contributed by atoms with E-state index in [2.05, 4.69) is 18.3 Å². The first-order chi connectivity index (χ1) is 10.1. The molecule has 1 unspecified atom stereocenters. The number of carbonyl (C=O) groups excluding carboxylic acids is 1. The van der Waals surface area contributed by atoms with E-state index in [1.54, 1.807) is 7.11 Å². The minimum atomic E-state index is 0.215. The molecule has 1 aliphatic heterocycles. The molecule has 1 fully saturated rings. The van der Waals surface area contributed by atoms with Crippen molar-refractivity contribution in [2.75, 3.05) is 27.2 Å². The van der Waals surface area contributed by atoms with Crippen LogP contribution in [0.5, 0.6) is 5.75 Å². The van der Waals surface area contributed by atoms with E-state index in [4.69, 9.17) is 4.74 Å². The van der Waals surface area contributed by atoms with Crippen molar-refractivity contribution in [1.82, 2.24) is 10.2 Å². The number of hydrogen-bond acceptors (Lipinski definition) is 3. The van der Waals surface area contributed by atoms with Crippen molar-refractivity contribution in [3.63, 3.8) is 0 Å². The normalized spacial score (nSPS) is 18.3. The number of benzene rings is 1. The quantitative estimate of drug-likeness (QED) is 0.905. The molecule has 0 saturated carbocycles. The highest BCUT2D eigenvalue weighted by molar-refractivity contribution is 5.76. The second kappa shape index (κ2) is 7.46. The summed E-state index contributed by atoms with van der Waals surface area (Å²) >= 11 is 0. The molecule has 1 heterocycles. The van der Waals surface area contributed by atoms with Crippen LogP contribution in [0.3, 0.4) is 0 Å². The van der Waals surface area contributed by atoms with Gasteiger partial charge in [-0.1, -0.05) is 17.7 Å². The molecule has 21 heavy (non-hydrogen) atoms. The van der Waals surface area contributed by atoms with Crippen molar-refractivity contribution in [2.45, 2.75) is 32.7 Å². The minimum Gasteiger partial charge on any atom is -0.496 e. The molecule has 1 atom stereocenters. The van der Waals surface area contributed by atoms with Gasteiger partial charge in [0, 0.05) is 25.6 Å². The Labute approximate surface area is 127 Å². The third-order valence-electron chi connectivity index (χ3n) is 4.13. The Morgan fingerprint density at radius 3 is 2.95 bits per heavy atom. The summed E-state index contributed by atoms with van der Waals surface area (Å²) in [4.78, 5) is 14.2. The fourth-order valence-corrected chi connectivity index (χ4v) is 2.88. The van der Waals surface area contributed by atoms with E-state index in [1.807, 2.05) is 24.1 Å². The first-order valence-electron chi connectivity index (χ1n) is 7.68. The molecule has 1 amide bonds. The van der Waals surface area contributed by atoms with Gasteiger partial charge in [-0.2, -0.15) is 0 Å². The largest absolute Gasteiger partial charge is 0.496 e. The van der Waals surface area contributed by atoms with Crippen LogP contribution in [0.2, 0.25) is 0 Å². The second-order valence-corrected chi connectivity index (χ2v) is 5.98. The average Bonchev–Trinajstić information content (AvgIpc) is 2.48. The molecule has 1 N–H and O–H groups in total. The number of amides is 1. The Balaban J connectivity index is 1.95. The standard InChI is InChI=1S/C17H26N2O2/c1-13-6-7-16(21-3)15(9-13)12-19(2)17(20)10-14-5-4-8-18-11-14/h6-7,9,14,18H,4-5,8,10-12H2,1-3H3. The Bertz CT molecular complexity index is 482. The van der Waals surface area contributed by atoms with E-state index in [1.165, 1.54) is 12.0 Å². The number of methoxy groups -OCH3 is 1. The van der Waals surface area contributed by atoms with Gasteiger partial charge in [0.15, 0.2) is 0 Å². The summed E-state index contributed by atoms with van der Waals surface area (Å²) in [5.41, 5.74) is 2.25. The van der Waals surface area contributed by atoms with Crippen LogP contribution in [0.15, 0.2) is 18.2 Å². The van der Waals surface area contributed by atoms with E-state index < -0.39 is 0 Å². The maximum atomic E-state index is 12.4. The minimum absolute atomic E-state index is 0.215. The van der Waals surface area contributed by atoms with Crippen molar-refractivity contribution in [1.29, 1.82) is 0 Å². The zero-order valence-electron chi connectivity index (χ0n) is 13.3. The Morgan fingerprint density at radius 2 is 2.29 bits per heavy atom. The molecule has 1 aromatic carbocycles. The zero-order valence-corrected chi connectivity index (χ0v) is 13.3. The number of nitrogens with one attached hydrogen (secondary N) is 1. The first-order valence-corrected chi connectivity index (χ1v) is 7.68. The van der Waals surface area contributed by atoms with Gasteiger partial charge in [-0.25, -0.2) is 0 Å². The molecule has 0 aliphatic carbocycles. The maximum Gasteiger partial charge on any atom is 0.222 e. The molecule has 0 spiro atoms. The molecule has 1 aliphatic rings. The molecule has 4 nitrogen and oxygen atoms in total. The summed E-state index contributed by atoms with van der Waals surface area (Å²) in [6.45, 7) is 4.71. The van der Waals surface area contributed by atoms with Crippen molar-refractivity contribution in [3.8, 4) is 5.75 Å². The molecule has 4 heteroatoms. The third kappa shape index (κ3) is 4.46. The molecule has 1 saturated heterocycles. The van der Waals surface area contributed by atoms with Gasteiger partial charge < -0.3 is 15.0 Å². The van der Waals surface area contributed by atoms with E-state index in [0.717, 1.165) is 30.8 Å². The number of rotatable bonds is 5. The molecular formula is C17H26N2O2. The number of carbonyl (C=O) groups is 1. The highest BCUT2D eigenvalue weighted by Crippen LogP contribution is 2.22. The Kier molecular flexibility index (Phi) is 5.62. The van der Waals surface area contributed by atoms with Crippen LogP contribution < -0.4 is 10.1 Å². The smallest absolute Gasteiger partial charge is 0.222 e. The van der Waals surface area contributed by atoms with Gasteiger partial charge in [-0.15, -0.1) is 0 Å². The summed E-state index contributed by atoms with van der Waals surface area (Å²) in [5, 5.41) is 3.36. The lowest BCUT2D eigenvalue weighted by atomic mass is 9.95. The monoisotopic (exact) mass is 290 g/mol. The summed E-state index contributed by atoms with van der Waals surface area (Å²) < 4.78 is 5.38. The highest BCUT2D eigenvalue weighted by Gasteiger charge is 2.19. The van der Waals surface area contributed by atoms with Crippen LogP contribution in [0.1, 0.15) is 30.4 Å². The number of ether oxygens (including phenoxy) is 1. The predicted octanol–water partition coefficient (Wildman–Crippen LogP) is 2.35. The van der Waals surface area contributed by atoms with Crippen LogP contribution in [-0.4, -0.2) is 38.1 Å². The highest BCUT2D eigenvalue weighted by atomic mass is 16.5. The Hall–Kier alpha value is -1.55. The first kappa shape index (κ1) is 15.8. The van der Waals surface area contributed by atoms with Gasteiger partial charge in [0.1, 0.15) is 5.75 Å². The fourth-order valence-electron chi connectivity index (χ4n) is 2.88. The lowest BCUT2D eigenvalue weighted by molar-refractivity contribution is -0.131. The number of piperidine rings is 1. The van der Waals surface area contributed by atoms with Gasteiger partial charge in [-0.3, -0.25) is 4.79 Å². The molecule has 2 rings (SSSR count). The van der Waals surface area contributed by atoms with Crippen molar-refractivity contribution < 1.29 is 9.53 Å². The van der Waals surface area contributed by atoms with Crippen LogP contribution in [-0.2, 0) is 11.3 Å². The zero-order chi connectivity index (χ0) is 15.2. The van der Waals surface area contributed by atoms with Gasteiger partial charge in [0.05, 0.1) is 7.11 Å². The van der Waals surface area contributed by atoms with Crippen molar-refractivity contribution in [2.24, 2.45) is 5.92 Å². The van der Waals surface area contributed by atoms with Crippen LogP contribution in [0.4, 0.5) is 0 Å². The van der Waals surface area contributed by atoms with Gasteiger partial charge in [0.25, 0.3) is 0 Å². The van der Waals surface area contributed by atoms with Gasteiger partial charge in [0.2, 0.25) is 5.91 Å². The van der Waals surface area contributed by atoms with Crippen molar-refractivity contribution in [3.05, 3.63) is 29.3 Å². The molecule has 0 bridgehead atoms. The third-order valence-corrected chi connectivity index (χ3v) is 4.13. The maximum absolute atomic E-state index is 12.4. The SMILES string of the molecule is COc1ccc(C)cc1CN(C)C(=O)CC1CCCNC1. The van der Waals surface area contributed by atoms with E-state index >= 15 is 0 Å². The lowest BCUT2D eigenvalue weighted by Gasteiger charge is -2.25. The fraction of sp³-hybridized carbons (Fsp3) is 0.588. The number of aryl methyl sites for hydroxylation is 1. The van der Waals surface area contributed by atoms with E-state index in [0.29, 0.717) is 18.9 Å². The van der Waals surface area contributed by atoms with Crippen LogP contribution >= 0.6 is 0 Å². The number of nitrogens with zero attached hydrogens (tertiary/aromatic N) is 1. The van der Waals surface area contributed by atoms with Crippen LogP contribution in [0.25, 0.3) is 0 Å². The molecule has 116 valence electrons. The second-order valence-electron chi connectivity index (χ2n) is 5.98. The summed E-state index contributed by atoms with van der Waals surface area (Å²) in [7, 11) is 3.55. The molecule has 1 aromatic rings. The van der Waals surface area contributed by atoms with E-state index in [9.17, 15) is 4.79 Å². The topological polar surface area (TPSA) is 41.6 Å². The molecular weight excluding hydrogens is 264 g/mol. The van der Waals surface area contributed by atoms with Crippen molar-refractivity contribution >= 4 is 5.91 Å². The summed E-state index contributed by atoms with van der Waals surface area (Å²) in [6.07, 6.45) is 2.96. The summed E-state index contributed by atoms with van der Waals surface area (Å²) in [5.74, 6) is 1.54. The lowest BCUT2D eigenvalue weighted by Crippen LogP contribution is -2.34. The Morgan fingerprint density at radius 1 is 1.48 bits per heavy atom. The predicted molar refractivity (Wildman–Crippen MR) is 84.4 cm³/mol. The van der Waals surface area contributed by atoms with Gasteiger partial charge >= 0.3 is 0 Å². The average molecular weight is 290 g/mol. The number of hydrogen-bond donors (Lipinski definition) is 1. The molecule has 0 aromatic heterocycles. The van der Waals surface area contributed by atoms with Gasteiger partial charge in [-0.05, 0) is 44.8 Å². The molecule has 0 radical (unpaired) electrons. The van der Waals surface area contributed by atoms with E-state index in [-0.39, 0.29) is 5.91 Å². The van der Waals surface area contributed by atoms with Crippen LogP contribution in [0, 0.1) is 12.8 Å².